The van der Waals surface area contributed by atoms with Crippen LogP contribution in [0.15, 0.2) is 91.5 Å². The van der Waals surface area contributed by atoms with E-state index in [-0.39, 0.29) is 37.5 Å². The molecule has 3 aromatic rings. The van der Waals surface area contributed by atoms with Crippen molar-refractivity contribution in [3.05, 3.63) is 108 Å². The molecule has 1 N–H and O–H groups in total. The predicted molar refractivity (Wildman–Crippen MR) is 160 cm³/mol. The Hall–Kier alpha value is -4.83. The van der Waals surface area contributed by atoms with Gasteiger partial charge in [-0.25, -0.2) is 4.79 Å². The van der Waals surface area contributed by atoms with Gasteiger partial charge in [-0.3, -0.25) is 14.6 Å². The lowest BCUT2D eigenvalue weighted by atomic mass is 10.00. The number of urea groups is 1. The first-order valence-electron chi connectivity index (χ1n) is 14.5. The average Bonchev–Trinajstić information content (AvgIpc) is 3.36. The van der Waals surface area contributed by atoms with Crippen LogP contribution in [0.1, 0.15) is 16.7 Å². The molecule has 3 aromatic carbocycles. The van der Waals surface area contributed by atoms with Gasteiger partial charge in [0.1, 0.15) is 25.4 Å². The summed E-state index contributed by atoms with van der Waals surface area (Å²) in [5.41, 5.74) is 2.81. The first-order valence-corrected chi connectivity index (χ1v) is 14.5. The zero-order valence-corrected chi connectivity index (χ0v) is 23.9. The summed E-state index contributed by atoms with van der Waals surface area (Å²) in [6.45, 7) is 5.92. The highest BCUT2D eigenvalue weighted by molar-refractivity contribution is 5.91. The minimum absolute atomic E-state index is 0.0201. The lowest BCUT2D eigenvalue weighted by Crippen LogP contribution is -2.66. The van der Waals surface area contributed by atoms with Crippen LogP contribution >= 0.6 is 0 Å². The quantitative estimate of drug-likeness (QED) is 0.390. The van der Waals surface area contributed by atoms with Crippen LogP contribution < -0.4 is 14.8 Å². The van der Waals surface area contributed by atoms with Crippen LogP contribution in [0.5, 0.6) is 11.5 Å². The molecule has 2 atom stereocenters. The van der Waals surface area contributed by atoms with Crippen molar-refractivity contribution in [2.24, 2.45) is 0 Å². The summed E-state index contributed by atoms with van der Waals surface area (Å²) in [5, 5.41) is 6.27. The Labute approximate surface area is 251 Å². The molecule has 0 radical (unpaired) electrons. The zero-order valence-electron chi connectivity index (χ0n) is 23.9. The summed E-state index contributed by atoms with van der Waals surface area (Å²) in [4.78, 5) is 44.6. The van der Waals surface area contributed by atoms with E-state index in [4.69, 9.17) is 9.47 Å². The van der Waals surface area contributed by atoms with Crippen LogP contribution in [0.25, 0.3) is 0 Å². The monoisotopic (exact) mass is 581 g/mol. The maximum absolute atomic E-state index is 14.1. The van der Waals surface area contributed by atoms with Gasteiger partial charge in [0.05, 0.1) is 19.6 Å². The SMILES string of the molecule is C=CCN(C(=O)NCc1ccccc1)N1CC(=O)N2[C@@H](Cc3ccccc3)C(=O)N(Cc3ccc4c(c3)OCCO4)C[C@@H]21. The maximum atomic E-state index is 14.1. The number of nitrogens with zero attached hydrogens (tertiary/aromatic N) is 4. The van der Waals surface area contributed by atoms with Crippen molar-refractivity contribution in [2.75, 3.05) is 32.8 Å². The number of piperazine rings is 1. The largest absolute Gasteiger partial charge is 0.486 e. The third-order valence-electron chi connectivity index (χ3n) is 7.95. The van der Waals surface area contributed by atoms with Crippen LogP contribution in [-0.4, -0.2) is 82.7 Å². The minimum Gasteiger partial charge on any atom is -0.486 e. The molecule has 2 saturated heterocycles. The summed E-state index contributed by atoms with van der Waals surface area (Å²) in [6.07, 6.45) is 1.48. The van der Waals surface area contributed by atoms with E-state index in [9.17, 15) is 14.4 Å². The van der Waals surface area contributed by atoms with E-state index in [1.54, 1.807) is 20.9 Å². The van der Waals surface area contributed by atoms with Gasteiger partial charge in [0.25, 0.3) is 0 Å². The molecule has 0 saturated carbocycles. The van der Waals surface area contributed by atoms with Gasteiger partial charge in [0.15, 0.2) is 11.5 Å². The molecule has 6 rings (SSSR count). The van der Waals surface area contributed by atoms with Gasteiger partial charge in [0, 0.05) is 19.5 Å². The van der Waals surface area contributed by atoms with Gasteiger partial charge >= 0.3 is 6.03 Å². The second-order valence-electron chi connectivity index (χ2n) is 10.8. The van der Waals surface area contributed by atoms with Crippen molar-refractivity contribution in [2.45, 2.75) is 31.7 Å². The van der Waals surface area contributed by atoms with E-state index in [1.807, 2.05) is 78.9 Å². The third-order valence-corrected chi connectivity index (χ3v) is 7.95. The summed E-state index contributed by atoms with van der Waals surface area (Å²) in [7, 11) is 0. The molecular formula is C33H35N5O5. The van der Waals surface area contributed by atoms with Crippen LogP contribution in [0.2, 0.25) is 0 Å². The molecule has 10 heteroatoms. The summed E-state index contributed by atoms with van der Waals surface area (Å²) in [5.74, 6) is 1.01. The van der Waals surface area contributed by atoms with Gasteiger partial charge < -0.3 is 24.6 Å². The summed E-state index contributed by atoms with van der Waals surface area (Å²) in [6, 6.07) is 24.0. The molecule has 3 aliphatic rings. The fraction of sp³-hybridized carbons (Fsp3) is 0.303. The molecule has 10 nitrogen and oxygen atoms in total. The molecular weight excluding hydrogens is 546 g/mol. The molecule has 0 spiro atoms. The fourth-order valence-corrected chi connectivity index (χ4v) is 5.93. The number of hydrogen-bond acceptors (Lipinski definition) is 6. The van der Waals surface area contributed by atoms with Crippen LogP contribution in [0.4, 0.5) is 4.79 Å². The highest BCUT2D eigenvalue weighted by Crippen LogP contribution is 2.33. The van der Waals surface area contributed by atoms with Gasteiger partial charge in [-0.05, 0) is 28.8 Å². The smallest absolute Gasteiger partial charge is 0.332 e. The number of amides is 4. The van der Waals surface area contributed by atoms with E-state index in [2.05, 4.69) is 11.9 Å². The number of hydrazine groups is 1. The number of rotatable bonds is 9. The molecule has 4 amide bonds. The average molecular weight is 582 g/mol. The number of ether oxygens (including phenoxy) is 2. The Balaban J connectivity index is 1.28. The lowest BCUT2D eigenvalue weighted by Gasteiger charge is -2.46. The van der Waals surface area contributed by atoms with E-state index in [0.29, 0.717) is 44.2 Å². The lowest BCUT2D eigenvalue weighted by molar-refractivity contribution is -0.157. The van der Waals surface area contributed by atoms with E-state index in [0.717, 1.165) is 16.7 Å². The Morgan fingerprint density at radius 2 is 1.63 bits per heavy atom. The highest BCUT2D eigenvalue weighted by atomic mass is 16.6. The van der Waals surface area contributed by atoms with Crippen LogP contribution in [0.3, 0.4) is 0 Å². The Kier molecular flexibility index (Phi) is 8.28. The summed E-state index contributed by atoms with van der Waals surface area (Å²) < 4.78 is 11.4. The zero-order chi connectivity index (χ0) is 29.8. The number of hydrogen-bond donors (Lipinski definition) is 1. The van der Waals surface area contributed by atoms with Crippen molar-refractivity contribution in [3.8, 4) is 11.5 Å². The molecule has 2 fully saturated rings. The first kappa shape index (κ1) is 28.3. The molecule has 0 bridgehead atoms. The van der Waals surface area contributed by atoms with Crippen molar-refractivity contribution in [3.63, 3.8) is 0 Å². The molecule has 0 aromatic heterocycles. The fourth-order valence-electron chi connectivity index (χ4n) is 5.93. The number of benzene rings is 3. The highest BCUT2D eigenvalue weighted by Gasteiger charge is 2.52. The number of carbonyl (C=O) groups is 3. The second kappa shape index (κ2) is 12.6. The van der Waals surface area contributed by atoms with E-state index >= 15 is 0 Å². The summed E-state index contributed by atoms with van der Waals surface area (Å²) >= 11 is 0. The van der Waals surface area contributed by atoms with Gasteiger partial charge in [-0.15, -0.1) is 6.58 Å². The molecule has 3 aliphatic heterocycles. The van der Waals surface area contributed by atoms with E-state index in [1.165, 1.54) is 5.01 Å². The Morgan fingerprint density at radius 3 is 2.35 bits per heavy atom. The Morgan fingerprint density at radius 1 is 0.930 bits per heavy atom. The molecule has 222 valence electrons. The van der Waals surface area contributed by atoms with Gasteiger partial charge in [-0.2, -0.15) is 5.01 Å². The Bertz CT molecular complexity index is 1480. The van der Waals surface area contributed by atoms with Crippen molar-refractivity contribution < 1.29 is 23.9 Å². The van der Waals surface area contributed by atoms with Crippen molar-refractivity contribution in [1.82, 2.24) is 25.1 Å². The topological polar surface area (TPSA) is 94.7 Å². The number of fused-ring (bicyclic) bond motifs is 2. The first-order chi connectivity index (χ1) is 21.0. The number of nitrogens with one attached hydrogen (secondary N) is 1. The number of carbonyl (C=O) groups excluding carboxylic acids is 3. The minimum atomic E-state index is -0.714. The predicted octanol–water partition coefficient (Wildman–Crippen LogP) is 3.19. The van der Waals surface area contributed by atoms with Crippen molar-refractivity contribution in [1.29, 1.82) is 0 Å². The standard InChI is InChI=1S/C33H35N5O5/c1-2-15-36(33(41)34-20-25-11-7-4-8-12-25)37-23-31(39)38-27(18-24-9-5-3-6-10-24)32(40)35(22-30(37)38)21-26-13-14-28-29(19-26)43-17-16-42-28/h2-14,19,27,30H,1,15-18,20-23H2,(H,34,41)/t27-,30+/m0/s1. The molecule has 0 aliphatic carbocycles. The van der Waals surface area contributed by atoms with E-state index < -0.39 is 12.2 Å². The molecule has 43 heavy (non-hydrogen) atoms. The normalized spacial score (nSPS) is 19.6. The van der Waals surface area contributed by atoms with Gasteiger partial charge in [0.2, 0.25) is 11.8 Å². The van der Waals surface area contributed by atoms with Gasteiger partial charge in [-0.1, -0.05) is 72.8 Å². The van der Waals surface area contributed by atoms with Crippen molar-refractivity contribution >= 4 is 17.8 Å². The maximum Gasteiger partial charge on any atom is 0.332 e. The van der Waals surface area contributed by atoms with Crippen LogP contribution in [-0.2, 0) is 29.1 Å². The van der Waals surface area contributed by atoms with Crippen LogP contribution in [0, 0.1) is 0 Å². The molecule has 3 heterocycles. The molecule has 0 unspecified atom stereocenters. The third kappa shape index (κ3) is 6.05. The second-order valence-corrected chi connectivity index (χ2v) is 10.8.